The third kappa shape index (κ3) is 1.57. The monoisotopic (exact) mass is 142 g/mol. The van der Waals surface area contributed by atoms with E-state index < -0.39 is 6.10 Å². The van der Waals surface area contributed by atoms with Gasteiger partial charge in [-0.3, -0.25) is 4.79 Å². The van der Waals surface area contributed by atoms with Crippen LogP contribution >= 0.6 is 0 Å². The second-order valence-corrected chi connectivity index (χ2v) is 2.28. The number of hydrogen-bond donors (Lipinski definition) is 1. The highest BCUT2D eigenvalue weighted by atomic mass is 16.5. The molecule has 1 rings (SSSR count). The third-order valence-corrected chi connectivity index (χ3v) is 1.57. The molecule has 0 spiro atoms. The third-order valence-electron chi connectivity index (χ3n) is 1.57. The van der Waals surface area contributed by atoms with Gasteiger partial charge in [0.2, 0.25) is 0 Å². The van der Waals surface area contributed by atoms with Crippen LogP contribution in [0.1, 0.15) is 12.8 Å². The number of hydrogen-bond acceptors (Lipinski definition) is 3. The highest BCUT2D eigenvalue weighted by Gasteiger charge is 2.20. The first-order valence-electron chi connectivity index (χ1n) is 3.26. The molecule has 0 heterocycles. The van der Waals surface area contributed by atoms with Crippen molar-refractivity contribution in [3.63, 3.8) is 0 Å². The Morgan fingerprint density at radius 3 is 2.80 bits per heavy atom. The van der Waals surface area contributed by atoms with Crippen molar-refractivity contribution < 1.29 is 14.6 Å². The predicted octanol–water partition coefficient (Wildman–Crippen LogP) is 0.239. The summed E-state index contributed by atoms with van der Waals surface area (Å²) in [5.74, 6) is 0. The summed E-state index contributed by atoms with van der Waals surface area (Å²) < 4.78 is 4.61. The molecular formula is C7H10O3. The van der Waals surface area contributed by atoms with Crippen molar-refractivity contribution in [2.75, 3.05) is 0 Å². The van der Waals surface area contributed by atoms with Gasteiger partial charge in [-0.25, -0.2) is 0 Å². The van der Waals surface area contributed by atoms with Gasteiger partial charge in [0.15, 0.2) is 0 Å². The number of aliphatic hydroxyl groups is 1. The first-order chi connectivity index (χ1) is 4.84. The Morgan fingerprint density at radius 1 is 1.50 bits per heavy atom. The fourth-order valence-corrected chi connectivity index (χ4v) is 0.992. The molecule has 0 radical (unpaired) electrons. The molecule has 0 aromatic heterocycles. The Kier molecular flexibility index (Phi) is 2.45. The van der Waals surface area contributed by atoms with Crippen LogP contribution in [0.15, 0.2) is 12.2 Å². The number of ether oxygens (including phenoxy) is 1. The summed E-state index contributed by atoms with van der Waals surface area (Å²) in [4.78, 5) is 9.86. The van der Waals surface area contributed by atoms with Gasteiger partial charge in [-0.15, -0.1) is 0 Å². The standard InChI is InChI=1S/C7H10O3/c8-5-10-7-4-2-1-3-6(7)9/h1-2,5-7,9H,3-4H2. The molecule has 10 heavy (non-hydrogen) atoms. The average molecular weight is 142 g/mol. The lowest BCUT2D eigenvalue weighted by molar-refractivity contribution is -0.139. The molecule has 0 aromatic rings. The zero-order chi connectivity index (χ0) is 7.40. The zero-order valence-electron chi connectivity index (χ0n) is 5.56. The number of rotatable bonds is 2. The van der Waals surface area contributed by atoms with E-state index in [0.29, 0.717) is 19.3 Å². The number of carbonyl (C=O) groups excluding carboxylic acids is 1. The van der Waals surface area contributed by atoms with E-state index in [1.807, 2.05) is 12.2 Å². The van der Waals surface area contributed by atoms with Crippen molar-refractivity contribution in [1.82, 2.24) is 0 Å². The predicted molar refractivity (Wildman–Crippen MR) is 35.3 cm³/mol. The molecule has 2 atom stereocenters. The lowest BCUT2D eigenvalue weighted by Gasteiger charge is -2.21. The van der Waals surface area contributed by atoms with Gasteiger partial charge in [-0.2, -0.15) is 0 Å². The normalized spacial score (nSPS) is 31.7. The summed E-state index contributed by atoms with van der Waals surface area (Å²) >= 11 is 0. The Hall–Kier alpha value is -0.830. The van der Waals surface area contributed by atoms with Gasteiger partial charge in [0.05, 0.1) is 6.10 Å². The minimum absolute atomic E-state index is 0.331. The van der Waals surface area contributed by atoms with Crippen molar-refractivity contribution in [2.45, 2.75) is 25.0 Å². The van der Waals surface area contributed by atoms with Gasteiger partial charge < -0.3 is 9.84 Å². The highest BCUT2D eigenvalue weighted by molar-refractivity contribution is 5.37. The maximum absolute atomic E-state index is 9.86. The van der Waals surface area contributed by atoms with E-state index >= 15 is 0 Å². The van der Waals surface area contributed by atoms with E-state index in [-0.39, 0.29) is 6.10 Å². The highest BCUT2D eigenvalue weighted by Crippen LogP contribution is 2.13. The van der Waals surface area contributed by atoms with Crippen LogP contribution in [0, 0.1) is 0 Å². The Bertz CT molecular complexity index is 142. The minimum atomic E-state index is -0.518. The summed E-state index contributed by atoms with van der Waals surface area (Å²) in [6.45, 7) is 0.382. The smallest absolute Gasteiger partial charge is 0.293 e. The van der Waals surface area contributed by atoms with Crippen LogP contribution < -0.4 is 0 Å². The fourth-order valence-electron chi connectivity index (χ4n) is 0.992. The number of carbonyl (C=O) groups is 1. The van der Waals surface area contributed by atoms with Crippen LogP contribution in [0.4, 0.5) is 0 Å². The van der Waals surface area contributed by atoms with E-state index in [4.69, 9.17) is 5.11 Å². The molecule has 3 nitrogen and oxygen atoms in total. The van der Waals surface area contributed by atoms with Gasteiger partial charge in [0, 0.05) is 6.42 Å². The zero-order valence-corrected chi connectivity index (χ0v) is 5.56. The van der Waals surface area contributed by atoms with E-state index in [9.17, 15) is 4.79 Å². The van der Waals surface area contributed by atoms with Crippen molar-refractivity contribution in [2.24, 2.45) is 0 Å². The molecule has 0 bridgehead atoms. The van der Waals surface area contributed by atoms with E-state index in [1.165, 1.54) is 0 Å². The topological polar surface area (TPSA) is 46.5 Å². The Morgan fingerprint density at radius 2 is 2.20 bits per heavy atom. The molecule has 56 valence electrons. The number of aliphatic hydroxyl groups excluding tert-OH is 1. The average Bonchev–Trinajstić information content (AvgIpc) is 1.94. The fraction of sp³-hybridized carbons (Fsp3) is 0.571. The van der Waals surface area contributed by atoms with Crippen LogP contribution in [0.2, 0.25) is 0 Å². The van der Waals surface area contributed by atoms with Crippen LogP contribution in [0.25, 0.3) is 0 Å². The van der Waals surface area contributed by atoms with Crippen LogP contribution in [0.3, 0.4) is 0 Å². The first kappa shape index (κ1) is 7.28. The lowest BCUT2D eigenvalue weighted by Crippen LogP contribution is -2.29. The molecule has 1 N–H and O–H groups in total. The van der Waals surface area contributed by atoms with Gasteiger partial charge >= 0.3 is 0 Å². The minimum Gasteiger partial charge on any atom is -0.461 e. The lowest BCUT2D eigenvalue weighted by atomic mass is 10.0. The molecule has 1 aliphatic rings. The molecule has 2 unspecified atom stereocenters. The van der Waals surface area contributed by atoms with Crippen LogP contribution in [-0.2, 0) is 9.53 Å². The van der Waals surface area contributed by atoms with Gasteiger partial charge in [-0.1, -0.05) is 12.2 Å². The van der Waals surface area contributed by atoms with E-state index in [1.54, 1.807) is 0 Å². The molecule has 0 amide bonds. The first-order valence-corrected chi connectivity index (χ1v) is 3.26. The molecule has 3 heteroatoms. The summed E-state index contributed by atoms with van der Waals surface area (Å²) in [6, 6.07) is 0. The van der Waals surface area contributed by atoms with Gasteiger partial charge in [-0.05, 0) is 6.42 Å². The second kappa shape index (κ2) is 3.37. The van der Waals surface area contributed by atoms with Crippen molar-refractivity contribution in [1.29, 1.82) is 0 Å². The van der Waals surface area contributed by atoms with Crippen molar-refractivity contribution in [3.8, 4) is 0 Å². The van der Waals surface area contributed by atoms with Crippen LogP contribution in [0.5, 0.6) is 0 Å². The maximum atomic E-state index is 9.86. The van der Waals surface area contributed by atoms with Crippen molar-refractivity contribution >= 4 is 6.47 Å². The Balaban J connectivity index is 2.42. The van der Waals surface area contributed by atoms with E-state index in [2.05, 4.69) is 4.74 Å². The largest absolute Gasteiger partial charge is 0.461 e. The summed E-state index contributed by atoms with van der Waals surface area (Å²) in [6.07, 6.45) is 4.15. The van der Waals surface area contributed by atoms with Crippen molar-refractivity contribution in [3.05, 3.63) is 12.2 Å². The summed E-state index contributed by atoms with van der Waals surface area (Å²) in [5.41, 5.74) is 0. The second-order valence-electron chi connectivity index (χ2n) is 2.28. The summed E-state index contributed by atoms with van der Waals surface area (Å²) in [7, 11) is 0. The van der Waals surface area contributed by atoms with E-state index in [0.717, 1.165) is 0 Å². The molecule has 0 aromatic carbocycles. The molecule has 0 saturated heterocycles. The molecule has 0 aliphatic heterocycles. The van der Waals surface area contributed by atoms with Gasteiger partial charge in [0.1, 0.15) is 6.10 Å². The molecule has 0 fully saturated rings. The molecular weight excluding hydrogens is 132 g/mol. The van der Waals surface area contributed by atoms with Crippen LogP contribution in [-0.4, -0.2) is 23.8 Å². The quantitative estimate of drug-likeness (QED) is 0.443. The van der Waals surface area contributed by atoms with Gasteiger partial charge in [0.25, 0.3) is 6.47 Å². The maximum Gasteiger partial charge on any atom is 0.293 e. The SMILES string of the molecule is O=COC1CC=CCC1O. The Labute approximate surface area is 59.3 Å². The molecule has 0 saturated carbocycles. The summed E-state index contributed by atoms with van der Waals surface area (Å²) in [5, 5.41) is 9.16. The molecule has 1 aliphatic carbocycles.